The Hall–Kier alpha value is -3.22. The Morgan fingerprint density at radius 3 is 2.79 bits per heavy atom. The molecule has 7 heteroatoms. The molecular weight excluding hydrogens is 354 g/mol. The van der Waals surface area contributed by atoms with E-state index in [1.54, 1.807) is 23.3 Å². The zero-order valence-electron chi connectivity index (χ0n) is 15.9. The Labute approximate surface area is 164 Å². The van der Waals surface area contributed by atoms with E-state index in [1.165, 1.54) is 0 Å². The minimum Gasteiger partial charge on any atom is -0.493 e. The first-order chi connectivity index (χ1) is 13.7. The molecule has 4 rings (SSSR count). The summed E-state index contributed by atoms with van der Waals surface area (Å²) in [6.45, 7) is 4.09. The number of aryl methyl sites for hydroxylation is 1. The number of carbonyl (C=O) groups excluding carboxylic acids is 1. The van der Waals surface area contributed by atoms with E-state index in [2.05, 4.69) is 15.2 Å². The summed E-state index contributed by atoms with van der Waals surface area (Å²) in [4.78, 5) is 19.3. The van der Waals surface area contributed by atoms with Crippen molar-refractivity contribution in [3.05, 3.63) is 66.4 Å². The maximum absolute atomic E-state index is 13.0. The SMILES string of the molecule is Cc1ccccc1OCC1CCCN(C(=O)c2cccc(-n3cnnc3)n2)C1. The highest BCUT2D eigenvalue weighted by Gasteiger charge is 2.26. The number of rotatable bonds is 5. The third kappa shape index (κ3) is 4.03. The predicted molar refractivity (Wildman–Crippen MR) is 104 cm³/mol. The van der Waals surface area contributed by atoms with Crippen molar-refractivity contribution >= 4 is 5.91 Å². The van der Waals surface area contributed by atoms with E-state index < -0.39 is 0 Å². The third-order valence-electron chi connectivity index (χ3n) is 5.01. The summed E-state index contributed by atoms with van der Waals surface area (Å²) in [5, 5.41) is 7.58. The molecule has 1 aliphatic heterocycles. The standard InChI is InChI=1S/C21H23N5O2/c1-16-6-2-3-9-19(16)28-13-17-7-5-11-25(12-17)21(27)18-8-4-10-20(24-18)26-14-22-23-15-26/h2-4,6,8-10,14-15,17H,5,7,11-13H2,1H3. The molecular formula is C21H23N5O2. The van der Waals surface area contributed by atoms with E-state index in [9.17, 15) is 4.79 Å². The van der Waals surface area contributed by atoms with Gasteiger partial charge in [-0.25, -0.2) is 4.98 Å². The van der Waals surface area contributed by atoms with Crippen LogP contribution < -0.4 is 4.74 Å². The minimum atomic E-state index is -0.0458. The predicted octanol–water partition coefficient (Wildman–Crippen LogP) is 2.90. The number of benzene rings is 1. The van der Waals surface area contributed by atoms with Crippen molar-refractivity contribution in [2.75, 3.05) is 19.7 Å². The number of hydrogen-bond acceptors (Lipinski definition) is 5. The highest BCUT2D eigenvalue weighted by molar-refractivity contribution is 5.92. The van der Waals surface area contributed by atoms with Gasteiger partial charge in [0.1, 0.15) is 29.9 Å². The summed E-state index contributed by atoms with van der Waals surface area (Å²) in [7, 11) is 0. The van der Waals surface area contributed by atoms with Gasteiger partial charge >= 0.3 is 0 Å². The second kappa shape index (κ2) is 8.21. The number of pyridine rings is 1. The lowest BCUT2D eigenvalue weighted by Gasteiger charge is -2.32. The van der Waals surface area contributed by atoms with E-state index in [1.807, 2.05) is 48.2 Å². The van der Waals surface area contributed by atoms with Gasteiger partial charge in [-0.15, -0.1) is 10.2 Å². The molecule has 0 bridgehead atoms. The highest BCUT2D eigenvalue weighted by atomic mass is 16.5. The van der Waals surface area contributed by atoms with E-state index >= 15 is 0 Å². The normalized spacial score (nSPS) is 16.8. The fraction of sp³-hybridized carbons (Fsp3) is 0.333. The van der Waals surface area contributed by atoms with Gasteiger partial charge < -0.3 is 9.64 Å². The molecule has 1 unspecified atom stereocenters. The van der Waals surface area contributed by atoms with Gasteiger partial charge in [-0.3, -0.25) is 9.36 Å². The maximum atomic E-state index is 13.0. The molecule has 144 valence electrons. The van der Waals surface area contributed by atoms with Crippen LogP contribution in [0.2, 0.25) is 0 Å². The summed E-state index contributed by atoms with van der Waals surface area (Å²) >= 11 is 0. The van der Waals surface area contributed by atoms with Gasteiger partial charge in [0, 0.05) is 19.0 Å². The zero-order valence-corrected chi connectivity index (χ0v) is 15.9. The van der Waals surface area contributed by atoms with E-state index in [4.69, 9.17) is 4.74 Å². The molecule has 1 amide bonds. The summed E-state index contributed by atoms with van der Waals surface area (Å²) in [5.41, 5.74) is 1.56. The smallest absolute Gasteiger partial charge is 0.272 e. The van der Waals surface area contributed by atoms with Crippen molar-refractivity contribution in [2.45, 2.75) is 19.8 Å². The number of aromatic nitrogens is 4. The quantitative estimate of drug-likeness (QED) is 0.684. The van der Waals surface area contributed by atoms with Gasteiger partial charge in [0.25, 0.3) is 5.91 Å². The number of para-hydroxylation sites is 1. The van der Waals surface area contributed by atoms with Gasteiger partial charge in [-0.2, -0.15) is 0 Å². The van der Waals surface area contributed by atoms with Crippen molar-refractivity contribution in [1.82, 2.24) is 24.6 Å². The minimum absolute atomic E-state index is 0.0458. The van der Waals surface area contributed by atoms with E-state index in [-0.39, 0.29) is 5.91 Å². The summed E-state index contributed by atoms with van der Waals surface area (Å²) in [5.74, 6) is 1.82. The molecule has 1 saturated heterocycles. The summed E-state index contributed by atoms with van der Waals surface area (Å²) < 4.78 is 7.69. The monoisotopic (exact) mass is 377 g/mol. The number of hydrogen-bond donors (Lipinski definition) is 0. The highest BCUT2D eigenvalue weighted by Crippen LogP contribution is 2.22. The molecule has 3 heterocycles. The van der Waals surface area contributed by atoms with Crippen molar-refractivity contribution in [3.63, 3.8) is 0 Å². The third-order valence-corrected chi connectivity index (χ3v) is 5.01. The summed E-state index contributed by atoms with van der Waals surface area (Å²) in [6, 6.07) is 13.4. The van der Waals surface area contributed by atoms with Crippen molar-refractivity contribution < 1.29 is 9.53 Å². The molecule has 1 fully saturated rings. The molecule has 0 saturated carbocycles. The van der Waals surface area contributed by atoms with Crippen LogP contribution >= 0.6 is 0 Å². The fourth-order valence-corrected chi connectivity index (χ4v) is 3.48. The molecule has 3 aromatic rings. The molecule has 2 aromatic heterocycles. The lowest BCUT2D eigenvalue weighted by atomic mass is 9.98. The Morgan fingerprint density at radius 1 is 1.14 bits per heavy atom. The van der Waals surface area contributed by atoms with Crippen LogP contribution in [0.3, 0.4) is 0 Å². The van der Waals surface area contributed by atoms with Crippen LogP contribution in [0.25, 0.3) is 5.82 Å². The van der Waals surface area contributed by atoms with Crippen LogP contribution in [-0.2, 0) is 0 Å². The molecule has 1 aromatic carbocycles. The number of piperidine rings is 1. The second-order valence-corrected chi connectivity index (χ2v) is 7.09. The van der Waals surface area contributed by atoms with Crippen LogP contribution in [0.1, 0.15) is 28.9 Å². The topological polar surface area (TPSA) is 73.1 Å². The molecule has 0 N–H and O–H groups in total. The Kier molecular flexibility index (Phi) is 5.32. The molecule has 1 aliphatic rings. The first-order valence-electron chi connectivity index (χ1n) is 9.50. The largest absolute Gasteiger partial charge is 0.493 e. The first kappa shape index (κ1) is 18.2. The van der Waals surface area contributed by atoms with Crippen LogP contribution in [0, 0.1) is 12.8 Å². The molecule has 0 radical (unpaired) electrons. The number of likely N-dealkylation sites (tertiary alicyclic amines) is 1. The van der Waals surface area contributed by atoms with Crippen LogP contribution in [0.15, 0.2) is 55.1 Å². The van der Waals surface area contributed by atoms with Crippen LogP contribution in [0.4, 0.5) is 0 Å². The molecule has 0 aliphatic carbocycles. The molecule has 0 spiro atoms. The second-order valence-electron chi connectivity index (χ2n) is 7.09. The molecule has 28 heavy (non-hydrogen) atoms. The number of ether oxygens (including phenoxy) is 1. The van der Waals surface area contributed by atoms with Crippen LogP contribution in [-0.4, -0.2) is 50.3 Å². The lowest BCUT2D eigenvalue weighted by molar-refractivity contribution is 0.0627. The first-order valence-corrected chi connectivity index (χ1v) is 9.50. The van der Waals surface area contributed by atoms with Crippen LogP contribution in [0.5, 0.6) is 5.75 Å². The molecule has 1 atom stereocenters. The Morgan fingerprint density at radius 2 is 1.96 bits per heavy atom. The zero-order chi connectivity index (χ0) is 19.3. The van der Waals surface area contributed by atoms with Gasteiger partial charge in [0.05, 0.1) is 6.61 Å². The van der Waals surface area contributed by atoms with Gasteiger partial charge in [-0.05, 0) is 43.5 Å². The Balaban J connectivity index is 1.41. The van der Waals surface area contributed by atoms with Gasteiger partial charge in [0.15, 0.2) is 0 Å². The Bertz CT molecular complexity index is 941. The number of nitrogens with zero attached hydrogens (tertiary/aromatic N) is 5. The molecule has 7 nitrogen and oxygen atoms in total. The number of amides is 1. The average molecular weight is 377 g/mol. The van der Waals surface area contributed by atoms with Crippen molar-refractivity contribution in [1.29, 1.82) is 0 Å². The number of carbonyl (C=O) groups is 1. The van der Waals surface area contributed by atoms with E-state index in [0.29, 0.717) is 30.6 Å². The van der Waals surface area contributed by atoms with Crippen molar-refractivity contribution in [3.8, 4) is 11.6 Å². The van der Waals surface area contributed by atoms with Gasteiger partial charge in [-0.1, -0.05) is 24.3 Å². The average Bonchev–Trinajstić information content (AvgIpc) is 3.28. The maximum Gasteiger partial charge on any atom is 0.272 e. The fourth-order valence-electron chi connectivity index (χ4n) is 3.48. The lowest BCUT2D eigenvalue weighted by Crippen LogP contribution is -2.42. The van der Waals surface area contributed by atoms with Gasteiger partial charge in [0.2, 0.25) is 0 Å². The summed E-state index contributed by atoms with van der Waals surface area (Å²) in [6.07, 6.45) is 5.16. The van der Waals surface area contributed by atoms with E-state index in [0.717, 1.165) is 30.7 Å². The van der Waals surface area contributed by atoms with Crippen molar-refractivity contribution in [2.24, 2.45) is 5.92 Å².